The summed E-state index contributed by atoms with van der Waals surface area (Å²) < 4.78 is 5.63. The molecule has 1 aromatic carbocycles. The zero-order valence-corrected chi connectivity index (χ0v) is 8.65. The lowest BCUT2D eigenvalue weighted by molar-refractivity contribution is -0.385. The molecular weight excluding hydrogens is 250 g/mol. The van der Waals surface area contributed by atoms with Gasteiger partial charge in [0.2, 0.25) is 0 Å². The smallest absolute Gasteiger partial charge is 0.312 e. The van der Waals surface area contributed by atoms with E-state index in [1.165, 1.54) is 12.1 Å². The molecule has 4 nitrogen and oxygen atoms in total. The third-order valence-corrected chi connectivity index (χ3v) is 1.92. The first-order valence-electron chi connectivity index (χ1n) is 3.65. The second kappa shape index (κ2) is 4.63. The van der Waals surface area contributed by atoms with Crippen molar-refractivity contribution in [1.29, 1.82) is 0 Å². The Morgan fingerprint density at radius 3 is 2.93 bits per heavy atom. The standard InChI is InChI=1S/C9H6BrNO3/c1-2-5-14-9-4-3-7(10)6-8(9)11(12)13/h1,3-4,6H,5H2. The molecule has 0 aromatic heterocycles. The van der Waals surface area contributed by atoms with E-state index in [-0.39, 0.29) is 18.0 Å². The number of benzene rings is 1. The largest absolute Gasteiger partial charge is 0.474 e. The third kappa shape index (κ3) is 2.47. The summed E-state index contributed by atoms with van der Waals surface area (Å²) in [6.45, 7) is 0.0163. The lowest BCUT2D eigenvalue weighted by Crippen LogP contribution is -1.98. The predicted molar refractivity (Wildman–Crippen MR) is 55.1 cm³/mol. The van der Waals surface area contributed by atoms with Crippen LogP contribution >= 0.6 is 15.9 Å². The van der Waals surface area contributed by atoms with Gasteiger partial charge in [0.1, 0.15) is 6.61 Å². The van der Waals surface area contributed by atoms with Crippen molar-refractivity contribution in [1.82, 2.24) is 0 Å². The molecule has 0 heterocycles. The number of terminal acetylenes is 1. The summed E-state index contributed by atoms with van der Waals surface area (Å²) in [6, 6.07) is 4.52. The topological polar surface area (TPSA) is 52.4 Å². The summed E-state index contributed by atoms with van der Waals surface area (Å²) in [5.41, 5.74) is -0.102. The molecule has 0 N–H and O–H groups in total. The lowest BCUT2D eigenvalue weighted by Gasteiger charge is -2.02. The van der Waals surface area contributed by atoms with Crippen LogP contribution in [0.25, 0.3) is 0 Å². The second-order valence-electron chi connectivity index (χ2n) is 2.36. The number of halogens is 1. The van der Waals surface area contributed by atoms with E-state index >= 15 is 0 Å². The van der Waals surface area contributed by atoms with Gasteiger partial charge in [-0.05, 0) is 12.1 Å². The summed E-state index contributed by atoms with van der Waals surface area (Å²) in [5, 5.41) is 10.6. The van der Waals surface area contributed by atoms with Crippen molar-refractivity contribution in [2.24, 2.45) is 0 Å². The van der Waals surface area contributed by atoms with Crippen molar-refractivity contribution in [2.75, 3.05) is 6.61 Å². The van der Waals surface area contributed by atoms with Crippen LogP contribution in [-0.4, -0.2) is 11.5 Å². The molecule has 0 aliphatic carbocycles. The van der Waals surface area contributed by atoms with Gasteiger partial charge in [-0.1, -0.05) is 21.9 Å². The van der Waals surface area contributed by atoms with Crippen LogP contribution in [0.15, 0.2) is 22.7 Å². The number of ether oxygens (including phenoxy) is 1. The highest BCUT2D eigenvalue weighted by Crippen LogP contribution is 2.29. The van der Waals surface area contributed by atoms with E-state index in [1.54, 1.807) is 6.07 Å². The highest BCUT2D eigenvalue weighted by atomic mass is 79.9. The van der Waals surface area contributed by atoms with Crippen molar-refractivity contribution in [3.63, 3.8) is 0 Å². The van der Waals surface area contributed by atoms with E-state index in [9.17, 15) is 10.1 Å². The molecule has 0 unspecified atom stereocenters. The highest BCUT2D eigenvalue weighted by Gasteiger charge is 2.14. The van der Waals surface area contributed by atoms with Crippen molar-refractivity contribution >= 4 is 21.6 Å². The molecule has 14 heavy (non-hydrogen) atoms. The Morgan fingerprint density at radius 1 is 1.64 bits per heavy atom. The third-order valence-electron chi connectivity index (χ3n) is 1.43. The minimum absolute atomic E-state index is 0.0163. The summed E-state index contributed by atoms with van der Waals surface area (Å²) in [5.74, 6) is 2.42. The van der Waals surface area contributed by atoms with Crippen LogP contribution in [0.2, 0.25) is 0 Å². The molecule has 0 spiro atoms. The van der Waals surface area contributed by atoms with E-state index in [1.807, 2.05) is 0 Å². The van der Waals surface area contributed by atoms with Crippen molar-refractivity contribution < 1.29 is 9.66 Å². The summed E-state index contributed by atoms with van der Waals surface area (Å²) in [7, 11) is 0. The second-order valence-corrected chi connectivity index (χ2v) is 3.28. The Bertz CT molecular complexity index is 398. The summed E-state index contributed by atoms with van der Waals surface area (Å²) in [4.78, 5) is 10.1. The minimum Gasteiger partial charge on any atom is -0.474 e. The zero-order chi connectivity index (χ0) is 10.6. The molecule has 1 rings (SSSR count). The van der Waals surface area contributed by atoms with Gasteiger partial charge in [-0.25, -0.2) is 0 Å². The van der Waals surface area contributed by atoms with Gasteiger partial charge in [-0.3, -0.25) is 10.1 Å². The van der Waals surface area contributed by atoms with Crippen LogP contribution in [0.3, 0.4) is 0 Å². The van der Waals surface area contributed by atoms with Gasteiger partial charge in [-0.2, -0.15) is 0 Å². The van der Waals surface area contributed by atoms with E-state index in [0.717, 1.165) is 0 Å². The number of nitro benzene ring substituents is 1. The molecule has 0 amide bonds. The van der Waals surface area contributed by atoms with Crippen LogP contribution in [0.1, 0.15) is 0 Å². The van der Waals surface area contributed by atoms with Crippen LogP contribution in [-0.2, 0) is 0 Å². The highest BCUT2D eigenvalue weighted by molar-refractivity contribution is 9.10. The van der Waals surface area contributed by atoms with Crippen molar-refractivity contribution in [2.45, 2.75) is 0 Å². The molecule has 72 valence electrons. The molecular formula is C9H6BrNO3. The first-order chi connectivity index (χ1) is 6.65. The molecule has 0 radical (unpaired) electrons. The van der Waals surface area contributed by atoms with Gasteiger partial charge < -0.3 is 4.74 Å². The lowest BCUT2D eigenvalue weighted by atomic mass is 10.3. The van der Waals surface area contributed by atoms with Gasteiger partial charge in [0.15, 0.2) is 5.75 Å². The van der Waals surface area contributed by atoms with Crippen LogP contribution < -0.4 is 4.74 Å². The maximum Gasteiger partial charge on any atom is 0.312 e. The molecule has 1 aromatic rings. The van der Waals surface area contributed by atoms with Crippen molar-refractivity contribution in [3.05, 3.63) is 32.8 Å². The number of hydrogen-bond donors (Lipinski definition) is 0. The van der Waals surface area contributed by atoms with Crippen molar-refractivity contribution in [3.8, 4) is 18.1 Å². The average molecular weight is 256 g/mol. The van der Waals surface area contributed by atoms with E-state index in [4.69, 9.17) is 11.2 Å². The van der Waals surface area contributed by atoms with Gasteiger partial charge in [0.25, 0.3) is 0 Å². The molecule has 0 aliphatic heterocycles. The van der Waals surface area contributed by atoms with Crippen LogP contribution in [0, 0.1) is 22.5 Å². The predicted octanol–water partition coefficient (Wildman–Crippen LogP) is 2.37. The van der Waals surface area contributed by atoms with Gasteiger partial charge in [-0.15, -0.1) is 6.42 Å². The molecule has 0 aliphatic rings. The Labute approximate surface area is 89.2 Å². The van der Waals surface area contributed by atoms with E-state index in [2.05, 4.69) is 21.9 Å². The Kier molecular flexibility index (Phi) is 3.48. The summed E-state index contributed by atoms with van der Waals surface area (Å²) in [6.07, 6.45) is 4.98. The molecule has 0 bridgehead atoms. The maximum absolute atomic E-state index is 10.6. The zero-order valence-electron chi connectivity index (χ0n) is 7.07. The Morgan fingerprint density at radius 2 is 2.36 bits per heavy atom. The van der Waals surface area contributed by atoms with E-state index < -0.39 is 4.92 Å². The van der Waals surface area contributed by atoms with Crippen LogP contribution in [0.4, 0.5) is 5.69 Å². The first-order valence-corrected chi connectivity index (χ1v) is 4.44. The Balaban J connectivity index is 3.03. The fraction of sp³-hybridized carbons (Fsp3) is 0.111. The molecule has 0 saturated carbocycles. The molecule has 0 fully saturated rings. The first kappa shape index (κ1) is 10.5. The van der Waals surface area contributed by atoms with Gasteiger partial charge in [0, 0.05) is 10.5 Å². The maximum atomic E-state index is 10.6. The van der Waals surface area contributed by atoms with Gasteiger partial charge >= 0.3 is 5.69 Å². The average Bonchev–Trinajstić information content (AvgIpc) is 2.15. The molecule has 0 atom stereocenters. The number of nitro groups is 1. The number of hydrogen-bond acceptors (Lipinski definition) is 3. The Hall–Kier alpha value is -1.54. The normalized spacial score (nSPS) is 9.14. The van der Waals surface area contributed by atoms with E-state index in [0.29, 0.717) is 4.47 Å². The number of nitrogens with zero attached hydrogens (tertiary/aromatic N) is 1. The quantitative estimate of drug-likeness (QED) is 0.474. The minimum atomic E-state index is -0.517. The fourth-order valence-corrected chi connectivity index (χ4v) is 1.22. The summed E-state index contributed by atoms with van der Waals surface area (Å²) >= 11 is 3.13. The molecule has 0 saturated heterocycles. The fourth-order valence-electron chi connectivity index (χ4n) is 0.875. The van der Waals surface area contributed by atoms with Crippen LogP contribution in [0.5, 0.6) is 5.75 Å². The number of rotatable bonds is 3. The molecule has 5 heteroatoms. The monoisotopic (exact) mass is 255 g/mol. The SMILES string of the molecule is C#CCOc1ccc(Br)cc1[N+](=O)[O-]. The van der Waals surface area contributed by atoms with Gasteiger partial charge in [0.05, 0.1) is 4.92 Å².